The van der Waals surface area contributed by atoms with Crippen LogP contribution >= 0.6 is 0 Å². The lowest BCUT2D eigenvalue weighted by molar-refractivity contribution is 0.123. The van der Waals surface area contributed by atoms with Crippen molar-refractivity contribution in [3.05, 3.63) is 48.0 Å². The summed E-state index contributed by atoms with van der Waals surface area (Å²) in [4.78, 5) is 0. The van der Waals surface area contributed by atoms with E-state index in [1.54, 1.807) is 0 Å². The Morgan fingerprint density at radius 2 is 2.00 bits per heavy atom. The summed E-state index contributed by atoms with van der Waals surface area (Å²) in [6.07, 6.45) is 7.48. The Labute approximate surface area is 85.1 Å². The van der Waals surface area contributed by atoms with Crippen molar-refractivity contribution >= 4 is 0 Å². The molecule has 0 bridgehead atoms. The molecule has 0 amide bonds. The maximum Gasteiger partial charge on any atom is 0.0852 e. The Morgan fingerprint density at radius 1 is 1.21 bits per heavy atom. The Balaban J connectivity index is 2.11. The van der Waals surface area contributed by atoms with Crippen molar-refractivity contribution in [2.75, 3.05) is 0 Å². The number of aliphatic hydroxyl groups is 1. The smallest absolute Gasteiger partial charge is 0.0852 e. The van der Waals surface area contributed by atoms with E-state index in [2.05, 4.69) is 12.2 Å². The molecule has 1 aromatic rings. The molecule has 2 rings (SSSR count). The zero-order valence-electron chi connectivity index (χ0n) is 8.26. The van der Waals surface area contributed by atoms with E-state index < -0.39 is 0 Å². The van der Waals surface area contributed by atoms with Crippen molar-refractivity contribution in [2.24, 2.45) is 5.92 Å². The number of benzene rings is 1. The van der Waals surface area contributed by atoms with Crippen molar-refractivity contribution in [2.45, 2.75) is 25.4 Å². The number of hydrogen-bond donors (Lipinski definition) is 1. The second-order valence-electron chi connectivity index (χ2n) is 3.88. The number of allylic oxidation sites excluding steroid dienone is 1. The van der Waals surface area contributed by atoms with E-state index >= 15 is 0 Å². The van der Waals surface area contributed by atoms with Crippen LogP contribution in [0, 0.1) is 5.92 Å². The fourth-order valence-electron chi connectivity index (χ4n) is 2.00. The van der Waals surface area contributed by atoms with Crippen LogP contribution in [0.15, 0.2) is 42.5 Å². The van der Waals surface area contributed by atoms with Crippen LogP contribution in [0.25, 0.3) is 0 Å². The highest BCUT2D eigenvalue weighted by atomic mass is 16.3. The zero-order chi connectivity index (χ0) is 9.80. The molecule has 1 aromatic carbocycles. The van der Waals surface area contributed by atoms with Gasteiger partial charge in [-0.2, -0.15) is 0 Å². The van der Waals surface area contributed by atoms with Gasteiger partial charge in [0.25, 0.3) is 0 Å². The molecule has 74 valence electrons. The van der Waals surface area contributed by atoms with Gasteiger partial charge in [0, 0.05) is 5.92 Å². The van der Waals surface area contributed by atoms with Gasteiger partial charge in [-0.25, -0.2) is 0 Å². The molecule has 0 fully saturated rings. The van der Waals surface area contributed by atoms with Crippen LogP contribution in [0.3, 0.4) is 0 Å². The molecule has 0 heterocycles. The van der Waals surface area contributed by atoms with Gasteiger partial charge in [-0.1, -0.05) is 42.5 Å². The number of aliphatic hydroxyl groups excluding tert-OH is 1. The summed E-state index contributed by atoms with van der Waals surface area (Å²) in [5.41, 5.74) is 1.03. The number of hydrogen-bond acceptors (Lipinski definition) is 1. The lowest BCUT2D eigenvalue weighted by Gasteiger charge is -2.22. The third-order valence-electron chi connectivity index (χ3n) is 2.84. The van der Waals surface area contributed by atoms with Crippen molar-refractivity contribution in [3.63, 3.8) is 0 Å². The maximum absolute atomic E-state index is 10.1. The van der Waals surface area contributed by atoms with Gasteiger partial charge >= 0.3 is 0 Å². The Kier molecular flexibility index (Phi) is 3.00. The monoisotopic (exact) mass is 188 g/mol. The summed E-state index contributed by atoms with van der Waals surface area (Å²) in [6.45, 7) is 0. The van der Waals surface area contributed by atoms with Gasteiger partial charge < -0.3 is 5.11 Å². The molecule has 0 aliphatic heterocycles. The van der Waals surface area contributed by atoms with Crippen LogP contribution in [0.4, 0.5) is 0 Å². The van der Waals surface area contributed by atoms with E-state index in [1.807, 2.05) is 30.3 Å². The molecular weight excluding hydrogens is 172 g/mol. The van der Waals surface area contributed by atoms with Crippen LogP contribution in [0.2, 0.25) is 0 Å². The first kappa shape index (κ1) is 9.47. The Bertz CT molecular complexity index is 302. The molecule has 1 aliphatic carbocycles. The average Bonchev–Trinajstić information content (AvgIpc) is 2.30. The van der Waals surface area contributed by atoms with Gasteiger partial charge in [-0.3, -0.25) is 0 Å². The molecule has 1 heteroatoms. The van der Waals surface area contributed by atoms with Gasteiger partial charge in [0.05, 0.1) is 6.10 Å². The van der Waals surface area contributed by atoms with Gasteiger partial charge in [-0.15, -0.1) is 0 Å². The van der Waals surface area contributed by atoms with Crippen molar-refractivity contribution < 1.29 is 5.11 Å². The highest BCUT2D eigenvalue weighted by Gasteiger charge is 2.19. The summed E-state index contributed by atoms with van der Waals surface area (Å²) in [5, 5.41) is 10.1. The molecule has 1 nitrogen and oxygen atoms in total. The van der Waals surface area contributed by atoms with Crippen molar-refractivity contribution in [1.29, 1.82) is 0 Å². The molecule has 0 radical (unpaired) electrons. The van der Waals surface area contributed by atoms with Crippen molar-refractivity contribution in [1.82, 2.24) is 0 Å². The minimum atomic E-state index is -0.326. The van der Waals surface area contributed by atoms with Crippen LogP contribution in [0.1, 0.15) is 30.9 Å². The first-order chi connectivity index (χ1) is 6.88. The highest BCUT2D eigenvalue weighted by Crippen LogP contribution is 2.29. The van der Waals surface area contributed by atoms with E-state index in [9.17, 15) is 5.11 Å². The van der Waals surface area contributed by atoms with Gasteiger partial charge in [0.2, 0.25) is 0 Å². The predicted octanol–water partition coefficient (Wildman–Crippen LogP) is 3.08. The molecule has 2 atom stereocenters. The van der Waals surface area contributed by atoms with Crippen LogP contribution < -0.4 is 0 Å². The van der Waals surface area contributed by atoms with Crippen LogP contribution in [-0.2, 0) is 0 Å². The second-order valence-corrected chi connectivity index (χ2v) is 3.88. The maximum atomic E-state index is 10.1. The van der Waals surface area contributed by atoms with E-state index in [-0.39, 0.29) is 6.10 Å². The zero-order valence-corrected chi connectivity index (χ0v) is 8.26. The molecular formula is C13H16O. The average molecular weight is 188 g/mol. The first-order valence-corrected chi connectivity index (χ1v) is 5.27. The quantitative estimate of drug-likeness (QED) is 0.707. The fraction of sp³-hybridized carbons (Fsp3) is 0.385. The molecule has 0 saturated carbocycles. The predicted molar refractivity (Wildman–Crippen MR) is 57.9 cm³/mol. The van der Waals surface area contributed by atoms with Crippen molar-refractivity contribution in [3.8, 4) is 0 Å². The molecule has 1 aliphatic rings. The van der Waals surface area contributed by atoms with Crippen LogP contribution in [-0.4, -0.2) is 5.11 Å². The minimum absolute atomic E-state index is 0.311. The Hall–Kier alpha value is -1.08. The summed E-state index contributed by atoms with van der Waals surface area (Å²) >= 11 is 0. The molecule has 1 N–H and O–H groups in total. The SMILES string of the molecule is O[C@H](c1ccccc1)[C@H]1C=CCCC1. The molecule has 0 saturated heterocycles. The first-order valence-electron chi connectivity index (χ1n) is 5.27. The van der Waals surface area contributed by atoms with Gasteiger partial charge in [0.15, 0.2) is 0 Å². The summed E-state index contributed by atoms with van der Waals surface area (Å²) < 4.78 is 0. The standard InChI is InChI=1S/C13H16O/c14-13(11-7-3-1-4-8-11)12-9-5-2-6-10-12/h1,3-5,7-9,12-14H,2,6,10H2/t12-,13+/m0/s1. The topological polar surface area (TPSA) is 20.2 Å². The largest absolute Gasteiger partial charge is 0.388 e. The normalized spacial score (nSPS) is 23.4. The lowest BCUT2D eigenvalue weighted by Crippen LogP contribution is -2.12. The lowest BCUT2D eigenvalue weighted by atomic mass is 9.87. The van der Waals surface area contributed by atoms with E-state index in [0.29, 0.717) is 5.92 Å². The van der Waals surface area contributed by atoms with Gasteiger partial charge in [0.1, 0.15) is 0 Å². The minimum Gasteiger partial charge on any atom is -0.388 e. The van der Waals surface area contributed by atoms with E-state index in [4.69, 9.17) is 0 Å². The van der Waals surface area contributed by atoms with Gasteiger partial charge in [-0.05, 0) is 24.8 Å². The number of rotatable bonds is 2. The molecule has 0 aromatic heterocycles. The van der Waals surface area contributed by atoms with E-state index in [0.717, 1.165) is 18.4 Å². The van der Waals surface area contributed by atoms with E-state index in [1.165, 1.54) is 6.42 Å². The third kappa shape index (κ3) is 2.05. The van der Waals surface area contributed by atoms with Crippen LogP contribution in [0.5, 0.6) is 0 Å². The summed E-state index contributed by atoms with van der Waals surface area (Å²) in [6, 6.07) is 9.92. The highest BCUT2D eigenvalue weighted by molar-refractivity contribution is 5.19. The summed E-state index contributed by atoms with van der Waals surface area (Å²) in [7, 11) is 0. The summed E-state index contributed by atoms with van der Waals surface area (Å²) in [5.74, 6) is 0.311. The Morgan fingerprint density at radius 3 is 2.64 bits per heavy atom. The third-order valence-corrected chi connectivity index (χ3v) is 2.84. The molecule has 0 spiro atoms. The molecule has 0 unspecified atom stereocenters. The fourth-order valence-corrected chi connectivity index (χ4v) is 2.00. The second kappa shape index (κ2) is 4.43. The molecule has 14 heavy (non-hydrogen) atoms.